The van der Waals surface area contributed by atoms with Crippen molar-refractivity contribution >= 4 is 0 Å². The van der Waals surface area contributed by atoms with Crippen molar-refractivity contribution in [2.45, 2.75) is 19.6 Å². The smallest absolute Gasteiger partial charge is 0.141 e. The number of hydrogen-bond donors (Lipinski definition) is 1. The van der Waals surface area contributed by atoms with Gasteiger partial charge in [-0.1, -0.05) is 0 Å². The van der Waals surface area contributed by atoms with E-state index in [-0.39, 0.29) is 18.5 Å². The Morgan fingerprint density at radius 3 is 2.70 bits per heavy atom. The van der Waals surface area contributed by atoms with Gasteiger partial charge in [0.1, 0.15) is 24.0 Å². The average Bonchev–Trinajstić information content (AvgIpc) is 2.45. The Kier molecular flexibility index (Phi) is 4.63. The van der Waals surface area contributed by atoms with Gasteiger partial charge < -0.3 is 10.1 Å². The van der Waals surface area contributed by atoms with Crippen LogP contribution in [0.2, 0.25) is 0 Å². The molecule has 1 aromatic carbocycles. The van der Waals surface area contributed by atoms with E-state index in [1.807, 2.05) is 6.92 Å². The molecule has 20 heavy (non-hydrogen) atoms. The minimum atomic E-state index is -0.408. The maximum Gasteiger partial charge on any atom is 0.141 e. The molecule has 0 bridgehead atoms. The molecule has 106 valence electrons. The Balaban J connectivity index is 2.16. The van der Waals surface area contributed by atoms with E-state index in [1.54, 1.807) is 13.1 Å². The molecule has 2 aromatic rings. The van der Waals surface area contributed by atoms with Gasteiger partial charge in [-0.25, -0.2) is 8.78 Å². The van der Waals surface area contributed by atoms with Gasteiger partial charge in [0, 0.05) is 23.4 Å². The zero-order chi connectivity index (χ0) is 14.5. The van der Waals surface area contributed by atoms with E-state index in [0.29, 0.717) is 11.3 Å². The van der Waals surface area contributed by atoms with Crippen molar-refractivity contribution < 1.29 is 13.5 Å². The number of rotatable bonds is 5. The molecule has 2 rings (SSSR count). The van der Waals surface area contributed by atoms with Gasteiger partial charge in [0.05, 0.1) is 6.20 Å². The Morgan fingerprint density at radius 2 is 2.00 bits per heavy atom. The zero-order valence-corrected chi connectivity index (χ0v) is 11.4. The van der Waals surface area contributed by atoms with Crippen LogP contribution in [0.25, 0.3) is 0 Å². The van der Waals surface area contributed by atoms with Gasteiger partial charge in [-0.3, -0.25) is 4.98 Å². The molecule has 0 saturated carbocycles. The van der Waals surface area contributed by atoms with Crippen LogP contribution in [0.5, 0.6) is 5.75 Å². The molecular weight excluding hydrogens is 262 g/mol. The molecule has 3 nitrogen and oxygen atoms in total. The van der Waals surface area contributed by atoms with Gasteiger partial charge in [0.2, 0.25) is 0 Å². The van der Waals surface area contributed by atoms with Crippen LogP contribution in [0.4, 0.5) is 8.78 Å². The zero-order valence-electron chi connectivity index (χ0n) is 11.4. The van der Waals surface area contributed by atoms with Crippen LogP contribution in [-0.4, -0.2) is 12.0 Å². The second-order valence-corrected chi connectivity index (χ2v) is 4.49. The standard InChI is InChI=1S/C15H16F2N2O/c1-10(18-2)14-6-12(16)3-4-15(14)20-9-11-5-13(17)8-19-7-11/h3-8,10,18H,9H2,1-2H3. The fourth-order valence-electron chi connectivity index (χ4n) is 1.84. The maximum absolute atomic E-state index is 13.3. The molecule has 1 N–H and O–H groups in total. The van der Waals surface area contributed by atoms with E-state index in [1.165, 1.54) is 24.4 Å². The Labute approximate surface area is 116 Å². The maximum atomic E-state index is 13.3. The first kappa shape index (κ1) is 14.4. The molecular formula is C15H16F2N2O. The van der Waals surface area contributed by atoms with E-state index >= 15 is 0 Å². The molecule has 1 heterocycles. The average molecular weight is 278 g/mol. The van der Waals surface area contributed by atoms with E-state index < -0.39 is 5.82 Å². The van der Waals surface area contributed by atoms with Crippen LogP contribution < -0.4 is 10.1 Å². The third-order valence-corrected chi connectivity index (χ3v) is 3.03. The van der Waals surface area contributed by atoms with Gasteiger partial charge >= 0.3 is 0 Å². The number of nitrogens with zero attached hydrogens (tertiary/aromatic N) is 1. The van der Waals surface area contributed by atoms with Gasteiger partial charge in [0.15, 0.2) is 0 Å². The fourth-order valence-corrected chi connectivity index (χ4v) is 1.84. The number of nitrogens with one attached hydrogen (secondary N) is 1. The first-order chi connectivity index (χ1) is 9.60. The van der Waals surface area contributed by atoms with Crippen LogP contribution in [0.3, 0.4) is 0 Å². The van der Waals surface area contributed by atoms with E-state index in [0.717, 1.165) is 11.8 Å². The second kappa shape index (κ2) is 6.43. The molecule has 0 amide bonds. The van der Waals surface area contributed by atoms with Crippen LogP contribution >= 0.6 is 0 Å². The molecule has 0 aliphatic rings. The lowest BCUT2D eigenvalue weighted by Crippen LogP contribution is -2.14. The lowest BCUT2D eigenvalue weighted by atomic mass is 10.1. The summed E-state index contributed by atoms with van der Waals surface area (Å²) in [6.45, 7) is 2.09. The van der Waals surface area contributed by atoms with E-state index in [4.69, 9.17) is 4.74 Å². The van der Waals surface area contributed by atoms with Gasteiger partial charge in [-0.05, 0) is 38.2 Å². The van der Waals surface area contributed by atoms with E-state index in [9.17, 15) is 8.78 Å². The van der Waals surface area contributed by atoms with Crippen molar-refractivity contribution in [2.24, 2.45) is 0 Å². The van der Waals surface area contributed by atoms with E-state index in [2.05, 4.69) is 10.3 Å². The van der Waals surface area contributed by atoms with Crippen molar-refractivity contribution in [3.05, 3.63) is 59.4 Å². The van der Waals surface area contributed by atoms with Crippen molar-refractivity contribution in [1.82, 2.24) is 10.3 Å². The second-order valence-electron chi connectivity index (χ2n) is 4.49. The number of ether oxygens (including phenoxy) is 1. The molecule has 1 atom stereocenters. The summed E-state index contributed by atoms with van der Waals surface area (Å²) < 4.78 is 32.0. The number of benzene rings is 1. The normalized spacial score (nSPS) is 12.2. The summed E-state index contributed by atoms with van der Waals surface area (Å²) in [5.41, 5.74) is 1.34. The van der Waals surface area contributed by atoms with Crippen molar-refractivity contribution in [1.29, 1.82) is 0 Å². The number of hydrogen-bond acceptors (Lipinski definition) is 3. The number of pyridine rings is 1. The summed E-state index contributed by atoms with van der Waals surface area (Å²) in [5, 5.41) is 3.04. The predicted octanol–water partition coefficient (Wildman–Crippen LogP) is 3.22. The van der Waals surface area contributed by atoms with Crippen LogP contribution in [0, 0.1) is 11.6 Å². The molecule has 0 radical (unpaired) electrons. The summed E-state index contributed by atoms with van der Waals surface area (Å²) in [7, 11) is 1.79. The van der Waals surface area contributed by atoms with Gasteiger partial charge in [-0.15, -0.1) is 0 Å². The highest BCUT2D eigenvalue weighted by atomic mass is 19.1. The van der Waals surface area contributed by atoms with Gasteiger partial charge in [-0.2, -0.15) is 0 Å². The monoisotopic (exact) mass is 278 g/mol. The Hall–Kier alpha value is -2.01. The predicted molar refractivity (Wildman–Crippen MR) is 72.4 cm³/mol. The van der Waals surface area contributed by atoms with Gasteiger partial charge in [0.25, 0.3) is 0 Å². The lowest BCUT2D eigenvalue weighted by molar-refractivity contribution is 0.298. The Bertz CT molecular complexity index is 590. The lowest BCUT2D eigenvalue weighted by Gasteiger charge is -2.16. The molecule has 1 aromatic heterocycles. The molecule has 0 spiro atoms. The highest BCUT2D eigenvalue weighted by Crippen LogP contribution is 2.26. The number of aromatic nitrogens is 1. The number of halogens is 2. The molecule has 0 aliphatic carbocycles. The molecule has 5 heteroatoms. The van der Waals surface area contributed by atoms with Crippen LogP contribution in [0.1, 0.15) is 24.1 Å². The Morgan fingerprint density at radius 1 is 1.20 bits per heavy atom. The third-order valence-electron chi connectivity index (χ3n) is 3.03. The topological polar surface area (TPSA) is 34.1 Å². The SMILES string of the molecule is CNC(C)c1cc(F)ccc1OCc1cncc(F)c1. The van der Waals surface area contributed by atoms with Crippen molar-refractivity contribution in [2.75, 3.05) is 7.05 Å². The largest absolute Gasteiger partial charge is 0.488 e. The third kappa shape index (κ3) is 3.51. The minimum absolute atomic E-state index is 0.0497. The quantitative estimate of drug-likeness (QED) is 0.912. The summed E-state index contributed by atoms with van der Waals surface area (Å²) in [6, 6.07) is 5.65. The molecule has 1 unspecified atom stereocenters. The highest BCUT2D eigenvalue weighted by molar-refractivity contribution is 5.36. The first-order valence-corrected chi connectivity index (χ1v) is 6.29. The molecule has 0 saturated heterocycles. The summed E-state index contributed by atoms with van der Waals surface area (Å²) in [6.07, 6.45) is 2.67. The van der Waals surface area contributed by atoms with Crippen molar-refractivity contribution in [3.63, 3.8) is 0 Å². The fraction of sp³-hybridized carbons (Fsp3) is 0.267. The molecule has 0 aliphatic heterocycles. The van der Waals surface area contributed by atoms with Crippen LogP contribution in [-0.2, 0) is 6.61 Å². The summed E-state index contributed by atoms with van der Waals surface area (Å²) >= 11 is 0. The minimum Gasteiger partial charge on any atom is -0.488 e. The summed E-state index contributed by atoms with van der Waals surface area (Å²) in [5.74, 6) is -0.159. The van der Waals surface area contributed by atoms with Crippen molar-refractivity contribution in [3.8, 4) is 5.75 Å². The molecule has 0 fully saturated rings. The van der Waals surface area contributed by atoms with Crippen LogP contribution in [0.15, 0.2) is 36.7 Å². The first-order valence-electron chi connectivity index (χ1n) is 6.29. The summed E-state index contributed by atoms with van der Waals surface area (Å²) in [4.78, 5) is 3.76. The highest BCUT2D eigenvalue weighted by Gasteiger charge is 2.11.